The van der Waals surface area contributed by atoms with Crippen molar-refractivity contribution in [3.05, 3.63) is 59.2 Å². The maximum Gasteiger partial charge on any atom is 0.228 e. The highest BCUT2D eigenvalue weighted by molar-refractivity contribution is 6.32. The van der Waals surface area contributed by atoms with Gasteiger partial charge in [-0.15, -0.1) is 0 Å². The summed E-state index contributed by atoms with van der Waals surface area (Å²) in [5.41, 5.74) is 2.79. The van der Waals surface area contributed by atoms with Gasteiger partial charge in [0.2, 0.25) is 11.8 Å². The first-order chi connectivity index (χ1) is 15.5. The molecule has 1 aromatic heterocycles. The SMILES string of the molecule is COc1ccc(NC(=O)[C@H]2CC23CCN(C(=O)Cc2c[nH]c4ccccc24)CC3)cc1Cl. The number of anilines is 1. The predicted molar refractivity (Wildman–Crippen MR) is 125 cm³/mol. The van der Waals surface area contributed by atoms with Crippen LogP contribution in [0.25, 0.3) is 10.9 Å². The summed E-state index contributed by atoms with van der Waals surface area (Å²) in [4.78, 5) is 30.9. The van der Waals surface area contributed by atoms with Gasteiger partial charge in [0.1, 0.15) is 5.75 Å². The summed E-state index contributed by atoms with van der Waals surface area (Å²) in [5, 5.41) is 4.56. The molecule has 32 heavy (non-hydrogen) atoms. The normalized spacial score (nSPS) is 19.2. The number of benzene rings is 2. The molecule has 166 valence electrons. The molecule has 7 heteroatoms. The van der Waals surface area contributed by atoms with Crippen LogP contribution < -0.4 is 10.1 Å². The first-order valence-electron chi connectivity index (χ1n) is 11.0. The Morgan fingerprint density at radius 2 is 2.00 bits per heavy atom. The van der Waals surface area contributed by atoms with Gasteiger partial charge in [0.25, 0.3) is 0 Å². The number of amides is 2. The van der Waals surface area contributed by atoms with Crippen LogP contribution in [0, 0.1) is 11.3 Å². The summed E-state index contributed by atoms with van der Waals surface area (Å²) in [6.45, 7) is 1.42. The summed E-state index contributed by atoms with van der Waals surface area (Å²) >= 11 is 6.16. The number of fused-ring (bicyclic) bond motifs is 1. The van der Waals surface area contributed by atoms with Crippen LogP contribution in [-0.4, -0.2) is 41.9 Å². The summed E-state index contributed by atoms with van der Waals surface area (Å²) < 4.78 is 5.16. The van der Waals surface area contributed by atoms with Gasteiger partial charge in [0, 0.05) is 41.8 Å². The second-order valence-corrected chi connectivity index (χ2v) is 9.28. The Kier molecular flexibility index (Phi) is 5.33. The van der Waals surface area contributed by atoms with Crippen LogP contribution in [0.4, 0.5) is 5.69 Å². The van der Waals surface area contributed by atoms with E-state index < -0.39 is 0 Å². The molecule has 1 saturated heterocycles. The van der Waals surface area contributed by atoms with Crippen molar-refractivity contribution in [1.82, 2.24) is 9.88 Å². The molecule has 1 spiro atoms. The standard InChI is InChI=1S/C25H26ClN3O3/c1-32-22-7-6-17(13-20(22)26)28-24(31)19-14-25(19)8-10-29(11-9-25)23(30)12-16-15-27-21-5-3-2-4-18(16)21/h2-7,13,15,19,27H,8-12,14H2,1H3,(H,28,31)/t19-/m1/s1. The number of carbonyl (C=O) groups excluding carboxylic acids is 2. The lowest BCUT2D eigenvalue weighted by atomic mass is 9.90. The first kappa shape index (κ1) is 20.9. The number of nitrogens with one attached hydrogen (secondary N) is 2. The number of halogens is 1. The van der Waals surface area contributed by atoms with E-state index in [9.17, 15) is 9.59 Å². The van der Waals surface area contributed by atoms with Crippen molar-refractivity contribution in [3.63, 3.8) is 0 Å². The summed E-state index contributed by atoms with van der Waals surface area (Å²) in [5.74, 6) is 0.760. The summed E-state index contributed by atoms with van der Waals surface area (Å²) in [7, 11) is 1.56. The molecule has 2 N–H and O–H groups in total. The Hall–Kier alpha value is -2.99. The number of aromatic nitrogens is 1. The Morgan fingerprint density at radius 1 is 1.22 bits per heavy atom. The van der Waals surface area contributed by atoms with Gasteiger partial charge in [-0.3, -0.25) is 9.59 Å². The van der Waals surface area contributed by atoms with Crippen molar-refractivity contribution in [2.75, 3.05) is 25.5 Å². The zero-order valence-corrected chi connectivity index (χ0v) is 18.7. The van der Waals surface area contributed by atoms with Crippen molar-refractivity contribution in [1.29, 1.82) is 0 Å². The van der Waals surface area contributed by atoms with Crippen LogP contribution in [0.2, 0.25) is 5.02 Å². The average Bonchev–Trinajstić information content (AvgIpc) is 3.35. The van der Waals surface area contributed by atoms with E-state index in [1.807, 2.05) is 35.4 Å². The van der Waals surface area contributed by atoms with Gasteiger partial charge >= 0.3 is 0 Å². The van der Waals surface area contributed by atoms with Crippen molar-refractivity contribution in [2.45, 2.75) is 25.7 Å². The maximum absolute atomic E-state index is 12.9. The van der Waals surface area contributed by atoms with Crippen LogP contribution >= 0.6 is 11.6 Å². The molecule has 1 saturated carbocycles. The Balaban J connectivity index is 1.16. The molecule has 2 amide bonds. The molecular weight excluding hydrogens is 426 g/mol. The topological polar surface area (TPSA) is 74.4 Å². The minimum Gasteiger partial charge on any atom is -0.495 e. The molecule has 1 atom stereocenters. The number of rotatable bonds is 5. The van der Waals surface area contributed by atoms with Gasteiger partial charge in [-0.05, 0) is 54.5 Å². The van der Waals surface area contributed by atoms with Crippen LogP contribution in [-0.2, 0) is 16.0 Å². The Morgan fingerprint density at radius 3 is 2.75 bits per heavy atom. The number of hydrogen-bond donors (Lipinski definition) is 2. The molecule has 0 bridgehead atoms. The second-order valence-electron chi connectivity index (χ2n) is 8.87. The lowest BCUT2D eigenvalue weighted by molar-refractivity contribution is -0.132. The van der Waals surface area contributed by atoms with E-state index in [-0.39, 0.29) is 23.1 Å². The third kappa shape index (κ3) is 3.84. The highest BCUT2D eigenvalue weighted by atomic mass is 35.5. The van der Waals surface area contributed by atoms with Crippen molar-refractivity contribution < 1.29 is 14.3 Å². The van der Waals surface area contributed by atoms with Crippen LogP contribution in [0.1, 0.15) is 24.8 Å². The van der Waals surface area contributed by atoms with Crippen LogP contribution in [0.15, 0.2) is 48.7 Å². The average molecular weight is 452 g/mol. The van der Waals surface area contributed by atoms with Gasteiger partial charge < -0.3 is 19.9 Å². The smallest absolute Gasteiger partial charge is 0.228 e. The molecule has 2 aromatic carbocycles. The largest absolute Gasteiger partial charge is 0.495 e. The van der Waals surface area contributed by atoms with Crippen molar-refractivity contribution in [3.8, 4) is 5.75 Å². The van der Waals surface area contributed by atoms with E-state index in [4.69, 9.17) is 16.3 Å². The molecule has 5 rings (SSSR count). The molecule has 1 aliphatic carbocycles. The third-order valence-corrected chi connectivity index (χ3v) is 7.35. The van der Waals surface area contributed by atoms with E-state index in [1.54, 1.807) is 25.3 Å². The first-order valence-corrected chi connectivity index (χ1v) is 11.3. The molecular formula is C25H26ClN3O3. The number of H-pyrrole nitrogens is 1. The summed E-state index contributed by atoms with van der Waals surface area (Å²) in [6.07, 6.45) is 4.95. The third-order valence-electron chi connectivity index (χ3n) is 7.05. The molecule has 1 aliphatic heterocycles. The number of ether oxygens (including phenoxy) is 1. The van der Waals surface area contributed by atoms with Crippen molar-refractivity contribution in [2.24, 2.45) is 11.3 Å². The van der Waals surface area contributed by atoms with E-state index in [1.165, 1.54) is 0 Å². The summed E-state index contributed by atoms with van der Waals surface area (Å²) in [6, 6.07) is 13.3. The zero-order chi connectivity index (χ0) is 22.3. The molecule has 2 fully saturated rings. The second kappa shape index (κ2) is 8.17. The number of hydrogen-bond acceptors (Lipinski definition) is 3. The zero-order valence-electron chi connectivity index (χ0n) is 18.0. The fourth-order valence-electron chi connectivity index (χ4n) is 5.00. The van der Waals surface area contributed by atoms with Gasteiger partial charge in [0.15, 0.2) is 0 Å². The number of para-hydroxylation sites is 1. The fraction of sp³-hybridized carbons (Fsp3) is 0.360. The van der Waals surface area contributed by atoms with E-state index in [0.29, 0.717) is 36.0 Å². The fourth-order valence-corrected chi connectivity index (χ4v) is 5.26. The van der Waals surface area contributed by atoms with Crippen molar-refractivity contribution >= 4 is 40.0 Å². The van der Waals surface area contributed by atoms with E-state index >= 15 is 0 Å². The molecule has 0 radical (unpaired) electrons. The van der Waals surface area contributed by atoms with Crippen LogP contribution in [0.5, 0.6) is 5.75 Å². The van der Waals surface area contributed by atoms with E-state index in [2.05, 4.69) is 10.3 Å². The van der Waals surface area contributed by atoms with Gasteiger partial charge in [-0.25, -0.2) is 0 Å². The van der Waals surface area contributed by atoms with Gasteiger partial charge in [-0.1, -0.05) is 29.8 Å². The molecule has 2 heterocycles. The highest BCUT2D eigenvalue weighted by Crippen LogP contribution is 2.59. The number of nitrogens with zero attached hydrogens (tertiary/aromatic N) is 1. The Bertz CT molecular complexity index is 1180. The number of carbonyl (C=O) groups is 2. The maximum atomic E-state index is 12.9. The van der Waals surface area contributed by atoms with E-state index in [0.717, 1.165) is 35.7 Å². The lowest BCUT2D eigenvalue weighted by Crippen LogP contribution is -2.41. The minimum absolute atomic E-state index is 0.00533. The van der Waals surface area contributed by atoms with Gasteiger partial charge in [0.05, 0.1) is 18.6 Å². The highest BCUT2D eigenvalue weighted by Gasteiger charge is 2.58. The lowest BCUT2D eigenvalue weighted by Gasteiger charge is -2.33. The predicted octanol–water partition coefficient (Wildman–Crippen LogP) is 4.64. The number of likely N-dealkylation sites (tertiary alicyclic amines) is 1. The molecule has 3 aromatic rings. The monoisotopic (exact) mass is 451 g/mol. The van der Waals surface area contributed by atoms with Crippen LogP contribution in [0.3, 0.4) is 0 Å². The molecule has 0 unspecified atom stereocenters. The molecule has 2 aliphatic rings. The quantitative estimate of drug-likeness (QED) is 0.593. The Labute approximate surface area is 191 Å². The number of methoxy groups -OCH3 is 1. The number of aromatic amines is 1. The number of piperidine rings is 1. The van der Waals surface area contributed by atoms with Gasteiger partial charge in [-0.2, -0.15) is 0 Å². The molecule has 6 nitrogen and oxygen atoms in total. The minimum atomic E-state index is -0.00533.